The van der Waals surface area contributed by atoms with Gasteiger partial charge < -0.3 is 10.2 Å². The lowest BCUT2D eigenvalue weighted by Crippen LogP contribution is -2.35. The predicted octanol–water partition coefficient (Wildman–Crippen LogP) is 2.70. The lowest BCUT2D eigenvalue weighted by molar-refractivity contribution is 0.0723. The fraction of sp³-hybridized carbons (Fsp3) is 0.412. The van der Waals surface area contributed by atoms with Crippen LogP contribution in [0.25, 0.3) is 0 Å². The van der Waals surface area contributed by atoms with Crippen molar-refractivity contribution in [2.45, 2.75) is 19.9 Å². The highest BCUT2D eigenvalue weighted by Gasteiger charge is 2.24. The van der Waals surface area contributed by atoms with Crippen LogP contribution in [0.4, 0.5) is 0 Å². The van der Waals surface area contributed by atoms with E-state index in [1.165, 1.54) is 11.3 Å². The molecule has 1 N–H and O–H groups in total. The highest BCUT2D eigenvalue weighted by Crippen LogP contribution is 2.21. The van der Waals surface area contributed by atoms with E-state index in [9.17, 15) is 4.79 Å². The third-order valence-corrected chi connectivity index (χ3v) is 5.09. The summed E-state index contributed by atoms with van der Waals surface area (Å²) in [6.07, 6.45) is 4.74. The van der Waals surface area contributed by atoms with Gasteiger partial charge in [-0.15, -0.1) is 11.3 Å². The van der Waals surface area contributed by atoms with Crippen molar-refractivity contribution >= 4 is 17.2 Å². The zero-order valence-electron chi connectivity index (χ0n) is 12.8. The van der Waals surface area contributed by atoms with Crippen LogP contribution in [0, 0.1) is 12.8 Å². The van der Waals surface area contributed by atoms with Crippen LogP contribution in [-0.4, -0.2) is 35.4 Å². The molecule has 1 atom stereocenters. The summed E-state index contributed by atoms with van der Waals surface area (Å²) in [7, 11) is 0. The molecule has 3 rings (SSSR count). The van der Waals surface area contributed by atoms with E-state index < -0.39 is 0 Å². The van der Waals surface area contributed by atoms with Crippen molar-refractivity contribution in [1.29, 1.82) is 0 Å². The van der Waals surface area contributed by atoms with Crippen LogP contribution in [0.1, 0.15) is 27.2 Å². The van der Waals surface area contributed by atoms with Crippen LogP contribution in [0.5, 0.6) is 0 Å². The monoisotopic (exact) mass is 315 g/mol. The fourth-order valence-electron chi connectivity index (χ4n) is 2.85. The van der Waals surface area contributed by atoms with Gasteiger partial charge >= 0.3 is 0 Å². The average Bonchev–Trinajstić information content (AvgIpc) is 3.18. The molecule has 2 aromatic rings. The Kier molecular flexibility index (Phi) is 4.85. The second-order valence-corrected chi connectivity index (χ2v) is 6.75. The summed E-state index contributed by atoms with van der Waals surface area (Å²) in [5.74, 6) is 0.684. The zero-order valence-corrected chi connectivity index (χ0v) is 13.6. The Hall–Kier alpha value is -1.72. The van der Waals surface area contributed by atoms with E-state index in [1.54, 1.807) is 6.20 Å². The molecule has 116 valence electrons. The van der Waals surface area contributed by atoms with Crippen LogP contribution in [0.2, 0.25) is 0 Å². The van der Waals surface area contributed by atoms with Crippen molar-refractivity contribution in [3.8, 4) is 0 Å². The van der Waals surface area contributed by atoms with Gasteiger partial charge in [0.15, 0.2) is 0 Å². The van der Waals surface area contributed by atoms with Gasteiger partial charge in [-0.25, -0.2) is 0 Å². The fourth-order valence-corrected chi connectivity index (χ4v) is 3.74. The van der Waals surface area contributed by atoms with Crippen LogP contribution in [0.15, 0.2) is 36.0 Å². The average molecular weight is 315 g/mol. The Bertz CT molecular complexity index is 620. The van der Waals surface area contributed by atoms with Crippen molar-refractivity contribution in [2.75, 3.05) is 19.6 Å². The third-order valence-electron chi connectivity index (χ3n) is 4.08. The Labute approximate surface area is 135 Å². The number of nitrogens with zero attached hydrogens (tertiary/aromatic N) is 2. The summed E-state index contributed by atoms with van der Waals surface area (Å²) in [5.41, 5.74) is 2.15. The second-order valence-electron chi connectivity index (χ2n) is 5.84. The van der Waals surface area contributed by atoms with Gasteiger partial charge in [-0.05, 0) is 61.0 Å². The molecule has 0 aliphatic carbocycles. The second kappa shape index (κ2) is 7.03. The standard InChI is InChI=1S/C17H21N3OS/c1-13-5-8-22-16(13)17(21)20(12-15-4-7-19-10-15)11-14-3-2-6-18-9-14/h2-3,5-6,8-9,15,19H,4,7,10-12H2,1H3/t15-/m1/s1. The number of aromatic nitrogens is 1. The molecule has 0 radical (unpaired) electrons. The molecule has 1 fully saturated rings. The summed E-state index contributed by atoms with van der Waals surface area (Å²) < 4.78 is 0. The first-order valence-electron chi connectivity index (χ1n) is 7.67. The summed E-state index contributed by atoms with van der Waals surface area (Å²) in [5, 5.41) is 5.37. The number of hydrogen-bond acceptors (Lipinski definition) is 4. The molecule has 0 saturated carbocycles. The SMILES string of the molecule is Cc1ccsc1C(=O)N(Cc1cccnc1)C[C@@H]1CCNC1. The van der Waals surface area contributed by atoms with Crippen LogP contribution in [0.3, 0.4) is 0 Å². The molecule has 0 spiro atoms. The minimum atomic E-state index is 0.142. The largest absolute Gasteiger partial charge is 0.333 e. The Balaban J connectivity index is 1.78. The van der Waals surface area contributed by atoms with Crippen LogP contribution >= 0.6 is 11.3 Å². The maximum atomic E-state index is 12.9. The topological polar surface area (TPSA) is 45.2 Å². The molecule has 0 bridgehead atoms. The van der Waals surface area contributed by atoms with Crippen molar-refractivity contribution in [2.24, 2.45) is 5.92 Å². The molecule has 0 unspecified atom stereocenters. The van der Waals surface area contributed by atoms with Crippen molar-refractivity contribution in [3.05, 3.63) is 52.0 Å². The molecule has 0 aromatic carbocycles. The highest BCUT2D eigenvalue weighted by atomic mass is 32.1. The van der Waals surface area contributed by atoms with E-state index in [4.69, 9.17) is 0 Å². The molecule has 1 aliphatic rings. The van der Waals surface area contributed by atoms with Crippen LogP contribution in [-0.2, 0) is 6.54 Å². The van der Waals surface area contributed by atoms with Gasteiger partial charge in [0.05, 0.1) is 4.88 Å². The minimum absolute atomic E-state index is 0.142. The van der Waals surface area contributed by atoms with Gasteiger partial charge in [-0.1, -0.05) is 6.07 Å². The van der Waals surface area contributed by atoms with E-state index in [0.29, 0.717) is 12.5 Å². The molecule has 2 aromatic heterocycles. The number of hydrogen-bond donors (Lipinski definition) is 1. The van der Waals surface area contributed by atoms with Gasteiger partial charge in [0, 0.05) is 25.5 Å². The Morgan fingerprint density at radius 1 is 1.50 bits per heavy atom. The summed E-state index contributed by atoms with van der Waals surface area (Å²) in [6, 6.07) is 5.96. The molecular formula is C17H21N3OS. The maximum Gasteiger partial charge on any atom is 0.264 e. The van der Waals surface area contributed by atoms with Gasteiger partial charge in [0.25, 0.3) is 5.91 Å². The smallest absolute Gasteiger partial charge is 0.264 e. The molecule has 1 saturated heterocycles. The van der Waals surface area contributed by atoms with E-state index >= 15 is 0 Å². The summed E-state index contributed by atoms with van der Waals surface area (Å²) in [4.78, 5) is 19.9. The zero-order chi connectivity index (χ0) is 15.4. The maximum absolute atomic E-state index is 12.9. The number of thiophene rings is 1. The number of nitrogens with one attached hydrogen (secondary N) is 1. The van der Waals surface area contributed by atoms with Crippen molar-refractivity contribution < 1.29 is 4.79 Å². The first kappa shape index (κ1) is 15.2. The number of carbonyl (C=O) groups excluding carboxylic acids is 1. The molecule has 22 heavy (non-hydrogen) atoms. The lowest BCUT2D eigenvalue weighted by atomic mass is 10.1. The summed E-state index contributed by atoms with van der Waals surface area (Å²) >= 11 is 1.53. The first-order chi connectivity index (χ1) is 10.7. The van der Waals surface area contributed by atoms with E-state index in [1.807, 2.05) is 41.6 Å². The molecule has 5 heteroatoms. The summed E-state index contributed by atoms with van der Waals surface area (Å²) in [6.45, 7) is 5.49. The molecule has 1 aliphatic heterocycles. The normalized spacial score (nSPS) is 17.6. The molecule has 4 nitrogen and oxygen atoms in total. The van der Waals surface area contributed by atoms with Crippen LogP contribution < -0.4 is 5.32 Å². The van der Waals surface area contributed by atoms with E-state index in [-0.39, 0.29) is 5.91 Å². The third kappa shape index (κ3) is 3.54. The molecule has 1 amide bonds. The predicted molar refractivity (Wildman–Crippen MR) is 89.0 cm³/mol. The minimum Gasteiger partial charge on any atom is -0.333 e. The number of carbonyl (C=O) groups is 1. The number of pyridine rings is 1. The number of rotatable bonds is 5. The van der Waals surface area contributed by atoms with E-state index in [2.05, 4.69) is 10.3 Å². The number of aryl methyl sites for hydroxylation is 1. The van der Waals surface area contributed by atoms with Gasteiger partial charge in [0.2, 0.25) is 0 Å². The quantitative estimate of drug-likeness (QED) is 0.923. The number of amides is 1. The van der Waals surface area contributed by atoms with E-state index in [0.717, 1.165) is 42.1 Å². The van der Waals surface area contributed by atoms with Gasteiger partial charge in [0.1, 0.15) is 0 Å². The van der Waals surface area contributed by atoms with Crippen molar-refractivity contribution in [1.82, 2.24) is 15.2 Å². The lowest BCUT2D eigenvalue weighted by Gasteiger charge is -2.25. The molecule has 3 heterocycles. The Morgan fingerprint density at radius 3 is 3.05 bits per heavy atom. The molecular weight excluding hydrogens is 294 g/mol. The van der Waals surface area contributed by atoms with Gasteiger partial charge in [-0.2, -0.15) is 0 Å². The first-order valence-corrected chi connectivity index (χ1v) is 8.55. The van der Waals surface area contributed by atoms with Crippen molar-refractivity contribution in [3.63, 3.8) is 0 Å². The highest BCUT2D eigenvalue weighted by molar-refractivity contribution is 7.12. The van der Waals surface area contributed by atoms with Gasteiger partial charge in [-0.3, -0.25) is 9.78 Å². The Morgan fingerprint density at radius 2 is 2.41 bits per heavy atom.